The van der Waals surface area contributed by atoms with Crippen LogP contribution in [0.15, 0.2) is 87.5 Å². The molecular formula is C28H36NO2S+. The first kappa shape index (κ1) is 24.1. The van der Waals surface area contributed by atoms with Crippen LogP contribution in [0.4, 0.5) is 5.69 Å². The molecule has 0 fully saturated rings. The molecule has 3 rings (SSSR count). The largest absolute Gasteiger partial charge is 0.488 e. The number of ether oxygens (including phenoxy) is 2. The summed E-state index contributed by atoms with van der Waals surface area (Å²) in [5.74, 6) is 1.78. The van der Waals surface area contributed by atoms with E-state index < -0.39 is 0 Å². The molecule has 0 aliphatic carbocycles. The summed E-state index contributed by atoms with van der Waals surface area (Å²) in [7, 11) is 3.84. The number of hydrogen-bond donors (Lipinski definition) is 0. The lowest BCUT2D eigenvalue weighted by Gasteiger charge is -2.22. The van der Waals surface area contributed by atoms with Crippen LogP contribution in [-0.2, 0) is 10.9 Å². The second-order valence-electron chi connectivity index (χ2n) is 10.1. The van der Waals surface area contributed by atoms with Crippen LogP contribution >= 0.6 is 0 Å². The Kier molecular flexibility index (Phi) is 7.14. The summed E-state index contributed by atoms with van der Waals surface area (Å²) in [6.07, 6.45) is 0. The van der Waals surface area contributed by atoms with Gasteiger partial charge in [-0.15, -0.1) is 0 Å². The predicted octanol–water partition coefficient (Wildman–Crippen LogP) is 7.20. The van der Waals surface area contributed by atoms with Gasteiger partial charge in [0.15, 0.2) is 14.7 Å². The second-order valence-corrected chi connectivity index (χ2v) is 12.1. The zero-order valence-corrected chi connectivity index (χ0v) is 21.4. The summed E-state index contributed by atoms with van der Waals surface area (Å²) in [6.45, 7) is 12.5. The molecule has 3 nitrogen and oxygen atoms in total. The van der Waals surface area contributed by atoms with Gasteiger partial charge in [-0.1, -0.05) is 12.1 Å². The highest BCUT2D eigenvalue weighted by molar-refractivity contribution is 7.97. The van der Waals surface area contributed by atoms with E-state index in [0.717, 1.165) is 11.5 Å². The summed E-state index contributed by atoms with van der Waals surface area (Å²) in [4.78, 5) is 5.82. The van der Waals surface area contributed by atoms with Crippen LogP contribution < -0.4 is 14.4 Å². The number of hydrogen-bond acceptors (Lipinski definition) is 3. The maximum atomic E-state index is 6.18. The van der Waals surface area contributed by atoms with Crippen molar-refractivity contribution in [1.29, 1.82) is 0 Å². The van der Waals surface area contributed by atoms with Crippen LogP contribution in [0.1, 0.15) is 41.5 Å². The third-order valence-electron chi connectivity index (χ3n) is 4.52. The molecule has 0 radical (unpaired) electrons. The minimum absolute atomic E-state index is 0.245. The summed E-state index contributed by atoms with van der Waals surface area (Å²) >= 11 is 0. The smallest absolute Gasteiger partial charge is 0.170 e. The molecule has 0 amide bonds. The van der Waals surface area contributed by atoms with Crippen molar-refractivity contribution < 1.29 is 9.47 Å². The Balaban J connectivity index is 2.09. The first-order valence-electron chi connectivity index (χ1n) is 11.0. The van der Waals surface area contributed by atoms with Gasteiger partial charge in [0.1, 0.15) is 22.7 Å². The minimum Gasteiger partial charge on any atom is -0.488 e. The van der Waals surface area contributed by atoms with E-state index in [9.17, 15) is 0 Å². The molecule has 0 aliphatic heterocycles. The monoisotopic (exact) mass is 450 g/mol. The van der Waals surface area contributed by atoms with Crippen molar-refractivity contribution in [3.05, 3.63) is 72.8 Å². The standard InChI is InChI=1S/C28H36NO2S/c1-27(2,3)30-22-11-9-13-25(19-22)32(24-17-15-21(16-18-24)29(7)8)26-14-10-12-23(20-26)31-28(4,5)6/h9-20H,1-8H3/q+1. The molecule has 4 heteroatoms. The molecule has 0 spiro atoms. The van der Waals surface area contributed by atoms with Gasteiger partial charge in [0.05, 0.1) is 10.9 Å². The molecule has 170 valence electrons. The number of nitrogens with zero attached hydrogens (tertiary/aromatic N) is 1. The van der Waals surface area contributed by atoms with Gasteiger partial charge in [0.25, 0.3) is 0 Å². The lowest BCUT2D eigenvalue weighted by Crippen LogP contribution is -2.23. The fourth-order valence-electron chi connectivity index (χ4n) is 3.33. The van der Waals surface area contributed by atoms with Crippen molar-refractivity contribution in [2.75, 3.05) is 19.0 Å². The first-order valence-corrected chi connectivity index (χ1v) is 12.2. The Hall–Kier alpha value is -2.59. The zero-order chi connectivity index (χ0) is 23.5. The van der Waals surface area contributed by atoms with Crippen molar-refractivity contribution in [2.24, 2.45) is 0 Å². The highest BCUT2D eigenvalue weighted by atomic mass is 32.2. The van der Waals surface area contributed by atoms with Crippen molar-refractivity contribution in [1.82, 2.24) is 0 Å². The topological polar surface area (TPSA) is 21.7 Å². The Morgan fingerprint density at radius 3 is 1.41 bits per heavy atom. The lowest BCUT2D eigenvalue weighted by molar-refractivity contribution is 0.130. The average molecular weight is 451 g/mol. The number of anilines is 1. The fraction of sp³-hybridized carbons (Fsp3) is 0.357. The van der Waals surface area contributed by atoms with Gasteiger partial charge in [-0.3, -0.25) is 0 Å². The van der Waals surface area contributed by atoms with Gasteiger partial charge in [0, 0.05) is 31.9 Å². The van der Waals surface area contributed by atoms with E-state index in [4.69, 9.17) is 9.47 Å². The van der Waals surface area contributed by atoms with Crippen LogP contribution in [0.3, 0.4) is 0 Å². The number of benzene rings is 3. The molecular weight excluding hydrogens is 414 g/mol. The zero-order valence-electron chi connectivity index (χ0n) is 20.6. The average Bonchev–Trinajstić information content (AvgIpc) is 2.66. The summed E-state index contributed by atoms with van der Waals surface area (Å²) in [5.41, 5.74) is 0.697. The van der Waals surface area contributed by atoms with Gasteiger partial charge in [-0.2, -0.15) is 0 Å². The maximum Gasteiger partial charge on any atom is 0.170 e. The van der Waals surface area contributed by atoms with E-state index in [1.54, 1.807) is 0 Å². The third-order valence-corrected chi connectivity index (χ3v) is 6.71. The van der Waals surface area contributed by atoms with E-state index in [0.29, 0.717) is 0 Å². The van der Waals surface area contributed by atoms with E-state index in [1.165, 1.54) is 20.4 Å². The van der Waals surface area contributed by atoms with Crippen LogP contribution in [0.2, 0.25) is 0 Å². The molecule has 0 bridgehead atoms. The van der Waals surface area contributed by atoms with Crippen molar-refractivity contribution >= 4 is 16.6 Å². The SMILES string of the molecule is CN(C)c1ccc([S+](c2cccc(OC(C)(C)C)c2)c2cccc(OC(C)(C)C)c2)cc1. The van der Waals surface area contributed by atoms with Crippen LogP contribution in [0, 0.1) is 0 Å². The Morgan fingerprint density at radius 2 is 1.03 bits per heavy atom. The quantitative estimate of drug-likeness (QED) is 0.371. The van der Waals surface area contributed by atoms with E-state index in [-0.39, 0.29) is 22.1 Å². The van der Waals surface area contributed by atoms with Gasteiger partial charge in [-0.05, 0) is 90.1 Å². The predicted molar refractivity (Wildman–Crippen MR) is 137 cm³/mol. The van der Waals surface area contributed by atoms with Gasteiger partial charge in [-0.25, -0.2) is 0 Å². The molecule has 0 N–H and O–H groups in total. The van der Waals surface area contributed by atoms with Gasteiger partial charge >= 0.3 is 0 Å². The van der Waals surface area contributed by atoms with E-state index >= 15 is 0 Å². The van der Waals surface area contributed by atoms with Gasteiger partial charge < -0.3 is 14.4 Å². The molecule has 3 aromatic rings. The van der Waals surface area contributed by atoms with Crippen LogP contribution in [-0.4, -0.2) is 25.3 Å². The normalized spacial score (nSPS) is 12.0. The summed E-state index contributed by atoms with van der Waals surface area (Å²) in [5, 5.41) is 0. The molecule has 0 saturated carbocycles. The molecule has 3 aromatic carbocycles. The summed E-state index contributed by atoms with van der Waals surface area (Å²) in [6, 6.07) is 25.8. The maximum absolute atomic E-state index is 6.18. The molecule has 0 saturated heterocycles. The van der Waals surface area contributed by atoms with Crippen LogP contribution in [0.25, 0.3) is 0 Å². The molecule has 0 unspecified atom stereocenters. The molecule has 32 heavy (non-hydrogen) atoms. The van der Waals surface area contributed by atoms with Crippen molar-refractivity contribution in [2.45, 2.75) is 67.4 Å². The van der Waals surface area contributed by atoms with Crippen LogP contribution in [0.5, 0.6) is 11.5 Å². The fourth-order valence-corrected chi connectivity index (χ4v) is 5.45. The molecule has 0 aromatic heterocycles. The molecule has 0 aliphatic rings. The Bertz CT molecular complexity index is 971. The highest BCUT2D eigenvalue weighted by Gasteiger charge is 2.30. The minimum atomic E-state index is -0.292. The van der Waals surface area contributed by atoms with Crippen molar-refractivity contribution in [3.63, 3.8) is 0 Å². The van der Waals surface area contributed by atoms with E-state index in [2.05, 4.69) is 121 Å². The van der Waals surface area contributed by atoms with Crippen molar-refractivity contribution in [3.8, 4) is 11.5 Å². The lowest BCUT2D eigenvalue weighted by atomic mass is 10.2. The molecule has 0 atom stereocenters. The highest BCUT2D eigenvalue weighted by Crippen LogP contribution is 2.36. The van der Waals surface area contributed by atoms with Gasteiger partial charge in [0.2, 0.25) is 0 Å². The first-order chi connectivity index (χ1) is 14.9. The second kappa shape index (κ2) is 9.50. The Labute approximate surface area is 196 Å². The third kappa shape index (κ3) is 6.70. The number of rotatable bonds is 6. The van der Waals surface area contributed by atoms with E-state index in [1.807, 2.05) is 12.1 Å². The Morgan fingerprint density at radius 1 is 0.594 bits per heavy atom. The summed E-state index contributed by atoms with van der Waals surface area (Å²) < 4.78 is 12.4. The molecule has 0 heterocycles.